The summed E-state index contributed by atoms with van der Waals surface area (Å²) in [7, 11) is 0. The van der Waals surface area contributed by atoms with E-state index in [2.05, 4.69) is 20.8 Å². The molecule has 0 aliphatic heterocycles. The molecule has 0 spiro atoms. The molecular weight excluding hydrogens is 336 g/mol. The number of ether oxygens (including phenoxy) is 1. The highest BCUT2D eigenvalue weighted by atomic mass is 32.1. The number of thiophene rings is 1. The average molecular weight is 354 g/mol. The molecule has 128 valence electrons. The average Bonchev–Trinajstić information content (AvgIpc) is 3.16. The summed E-state index contributed by atoms with van der Waals surface area (Å²) in [6.07, 6.45) is 0. The second-order valence-electron chi connectivity index (χ2n) is 5.28. The van der Waals surface area contributed by atoms with Gasteiger partial charge in [0.1, 0.15) is 12.3 Å². The van der Waals surface area contributed by atoms with E-state index in [-0.39, 0.29) is 6.03 Å². The van der Waals surface area contributed by atoms with Gasteiger partial charge in [-0.25, -0.2) is 4.79 Å². The van der Waals surface area contributed by atoms with Crippen molar-refractivity contribution in [3.05, 3.63) is 59.5 Å². The van der Waals surface area contributed by atoms with E-state index in [4.69, 9.17) is 4.74 Å². The Labute approximate surface area is 149 Å². The first kappa shape index (κ1) is 16.9. The van der Waals surface area contributed by atoms with Crippen molar-refractivity contribution < 1.29 is 9.53 Å². The molecule has 3 rings (SSSR count). The lowest BCUT2D eigenvalue weighted by atomic mass is 10.2. The number of hydrogen-bond acceptors (Lipinski definition) is 5. The highest BCUT2D eigenvalue weighted by molar-refractivity contribution is 7.13. The van der Waals surface area contributed by atoms with Crippen LogP contribution < -0.4 is 15.4 Å². The number of anilines is 1. The Kier molecular flexibility index (Phi) is 5.58. The van der Waals surface area contributed by atoms with Gasteiger partial charge in [0.05, 0.1) is 11.4 Å². The van der Waals surface area contributed by atoms with Crippen molar-refractivity contribution >= 4 is 23.1 Å². The highest BCUT2D eigenvalue weighted by Gasteiger charge is 2.05. The zero-order valence-corrected chi connectivity index (χ0v) is 14.5. The molecule has 7 heteroatoms. The minimum Gasteiger partial charge on any atom is -0.475 e. The third-order valence-electron chi connectivity index (χ3n) is 3.44. The Morgan fingerprint density at radius 1 is 1.12 bits per heavy atom. The largest absolute Gasteiger partial charge is 0.475 e. The second kappa shape index (κ2) is 8.25. The molecular formula is C18H18N4O2S. The molecule has 2 N–H and O–H groups in total. The third kappa shape index (κ3) is 4.77. The number of carbonyl (C=O) groups excluding carboxylic acids is 1. The maximum Gasteiger partial charge on any atom is 0.319 e. The van der Waals surface area contributed by atoms with Crippen molar-refractivity contribution in [2.75, 3.05) is 18.5 Å². The van der Waals surface area contributed by atoms with Gasteiger partial charge in [0.15, 0.2) is 0 Å². The van der Waals surface area contributed by atoms with E-state index in [0.717, 1.165) is 21.8 Å². The number of aryl methyl sites for hydroxylation is 1. The summed E-state index contributed by atoms with van der Waals surface area (Å²) in [4.78, 5) is 12.9. The number of hydrogen-bond donors (Lipinski definition) is 2. The van der Waals surface area contributed by atoms with Crippen LogP contribution in [0.4, 0.5) is 10.5 Å². The Hall–Kier alpha value is -2.93. The molecule has 0 saturated carbocycles. The first-order valence-electron chi connectivity index (χ1n) is 7.83. The van der Waals surface area contributed by atoms with E-state index < -0.39 is 0 Å². The van der Waals surface area contributed by atoms with E-state index in [0.29, 0.717) is 19.0 Å². The van der Waals surface area contributed by atoms with Gasteiger partial charge in [-0.1, -0.05) is 24.3 Å². The van der Waals surface area contributed by atoms with Crippen molar-refractivity contribution in [2.24, 2.45) is 0 Å². The molecule has 25 heavy (non-hydrogen) atoms. The van der Waals surface area contributed by atoms with Crippen molar-refractivity contribution in [1.82, 2.24) is 15.5 Å². The van der Waals surface area contributed by atoms with Gasteiger partial charge in [-0.3, -0.25) is 0 Å². The van der Waals surface area contributed by atoms with Crippen LogP contribution in [0.3, 0.4) is 0 Å². The lowest BCUT2D eigenvalue weighted by Gasteiger charge is -2.10. The molecule has 2 amide bonds. The zero-order chi connectivity index (χ0) is 17.5. The SMILES string of the molecule is Cc1ccccc1NC(=O)NCCOc1ccc(-c2cccs2)nn1. The van der Waals surface area contributed by atoms with Crippen LogP contribution in [0.5, 0.6) is 5.88 Å². The number of nitrogens with zero attached hydrogens (tertiary/aromatic N) is 2. The van der Waals surface area contributed by atoms with Crippen molar-refractivity contribution in [1.29, 1.82) is 0 Å². The monoisotopic (exact) mass is 354 g/mol. The zero-order valence-electron chi connectivity index (χ0n) is 13.7. The predicted octanol–water partition coefficient (Wildman–Crippen LogP) is 3.71. The van der Waals surface area contributed by atoms with Crippen molar-refractivity contribution in [3.8, 4) is 16.5 Å². The van der Waals surface area contributed by atoms with Gasteiger partial charge >= 0.3 is 6.03 Å². The maximum atomic E-state index is 11.8. The molecule has 0 saturated heterocycles. The van der Waals surface area contributed by atoms with Gasteiger partial charge in [0.2, 0.25) is 5.88 Å². The molecule has 2 heterocycles. The number of amides is 2. The lowest BCUT2D eigenvalue weighted by molar-refractivity contribution is 0.246. The number of benzene rings is 1. The minimum absolute atomic E-state index is 0.267. The Bertz CT molecular complexity index is 819. The fraction of sp³-hybridized carbons (Fsp3) is 0.167. The van der Waals surface area contributed by atoms with Gasteiger partial charge in [-0.05, 0) is 36.1 Å². The molecule has 0 atom stereocenters. The van der Waals surface area contributed by atoms with Crippen molar-refractivity contribution in [2.45, 2.75) is 6.92 Å². The van der Waals surface area contributed by atoms with Gasteiger partial charge in [0, 0.05) is 11.8 Å². The fourth-order valence-corrected chi connectivity index (χ4v) is 2.84. The van der Waals surface area contributed by atoms with E-state index in [1.807, 2.05) is 54.8 Å². The molecule has 0 aliphatic rings. The third-order valence-corrected chi connectivity index (χ3v) is 4.34. The van der Waals surface area contributed by atoms with Crippen LogP contribution >= 0.6 is 11.3 Å². The topological polar surface area (TPSA) is 76.1 Å². The number of aromatic nitrogens is 2. The summed E-state index contributed by atoms with van der Waals surface area (Å²) in [5.74, 6) is 0.432. The molecule has 0 fully saturated rings. The van der Waals surface area contributed by atoms with Gasteiger partial charge in [-0.2, -0.15) is 0 Å². The molecule has 0 unspecified atom stereocenters. The van der Waals surface area contributed by atoms with Gasteiger partial charge in [-0.15, -0.1) is 21.5 Å². The lowest BCUT2D eigenvalue weighted by Crippen LogP contribution is -2.32. The quantitative estimate of drug-likeness (QED) is 0.662. The Morgan fingerprint density at radius 3 is 2.72 bits per heavy atom. The first-order valence-corrected chi connectivity index (χ1v) is 8.71. The van der Waals surface area contributed by atoms with E-state index in [1.54, 1.807) is 17.4 Å². The van der Waals surface area contributed by atoms with Crippen LogP contribution in [0.25, 0.3) is 10.6 Å². The molecule has 3 aromatic rings. The van der Waals surface area contributed by atoms with E-state index >= 15 is 0 Å². The highest BCUT2D eigenvalue weighted by Crippen LogP contribution is 2.22. The standard InChI is InChI=1S/C18H18N4O2S/c1-13-5-2-3-6-14(13)20-18(23)19-10-11-24-17-9-8-15(21-22-17)16-7-4-12-25-16/h2-9,12H,10-11H2,1H3,(H2,19,20,23). The van der Waals surface area contributed by atoms with Crippen LogP contribution in [0.15, 0.2) is 53.9 Å². The number of carbonyl (C=O) groups is 1. The fourth-order valence-electron chi connectivity index (χ4n) is 2.15. The van der Waals surface area contributed by atoms with E-state index in [9.17, 15) is 4.79 Å². The number of urea groups is 1. The second-order valence-corrected chi connectivity index (χ2v) is 6.23. The van der Waals surface area contributed by atoms with Crippen LogP contribution in [0.1, 0.15) is 5.56 Å². The molecule has 1 aromatic carbocycles. The van der Waals surface area contributed by atoms with Gasteiger partial charge in [0.25, 0.3) is 0 Å². The molecule has 0 bridgehead atoms. The summed E-state index contributed by atoms with van der Waals surface area (Å²) in [6, 6.07) is 14.9. The number of rotatable bonds is 6. The number of nitrogens with one attached hydrogen (secondary N) is 2. The summed E-state index contributed by atoms with van der Waals surface area (Å²) < 4.78 is 5.49. The minimum atomic E-state index is -0.267. The molecule has 0 radical (unpaired) electrons. The Morgan fingerprint density at radius 2 is 2.00 bits per heavy atom. The number of para-hydroxylation sites is 1. The summed E-state index contributed by atoms with van der Waals surface area (Å²) in [5.41, 5.74) is 2.61. The van der Waals surface area contributed by atoms with E-state index in [1.165, 1.54) is 0 Å². The van der Waals surface area contributed by atoms with Crippen molar-refractivity contribution in [3.63, 3.8) is 0 Å². The summed E-state index contributed by atoms with van der Waals surface area (Å²) in [5, 5.41) is 15.7. The van der Waals surface area contributed by atoms with Crippen LogP contribution in [0, 0.1) is 6.92 Å². The Balaban J connectivity index is 1.41. The van der Waals surface area contributed by atoms with Crippen LogP contribution in [-0.2, 0) is 0 Å². The normalized spacial score (nSPS) is 10.3. The molecule has 2 aromatic heterocycles. The predicted molar refractivity (Wildman–Crippen MR) is 99.0 cm³/mol. The summed E-state index contributed by atoms with van der Waals surface area (Å²) >= 11 is 1.61. The first-order chi connectivity index (χ1) is 12.2. The maximum absolute atomic E-state index is 11.8. The van der Waals surface area contributed by atoms with Crippen LogP contribution in [-0.4, -0.2) is 29.4 Å². The molecule has 6 nitrogen and oxygen atoms in total. The van der Waals surface area contributed by atoms with Crippen LogP contribution in [0.2, 0.25) is 0 Å². The van der Waals surface area contributed by atoms with Gasteiger partial charge < -0.3 is 15.4 Å². The summed E-state index contributed by atoms with van der Waals surface area (Å²) in [6.45, 7) is 2.62. The molecule has 0 aliphatic carbocycles. The smallest absolute Gasteiger partial charge is 0.319 e.